The van der Waals surface area contributed by atoms with Crippen molar-refractivity contribution < 1.29 is 4.74 Å². The zero-order valence-corrected chi connectivity index (χ0v) is 8.08. The van der Waals surface area contributed by atoms with Gasteiger partial charge in [-0.05, 0) is 24.7 Å². The highest BCUT2D eigenvalue weighted by Crippen LogP contribution is 2.25. The van der Waals surface area contributed by atoms with Crippen molar-refractivity contribution in [2.75, 3.05) is 27.2 Å². The van der Waals surface area contributed by atoms with Crippen LogP contribution in [0.1, 0.15) is 5.56 Å². The van der Waals surface area contributed by atoms with Crippen LogP contribution in [-0.4, -0.2) is 32.1 Å². The van der Waals surface area contributed by atoms with E-state index in [0.29, 0.717) is 0 Å². The average molecular weight is 176 g/mol. The van der Waals surface area contributed by atoms with Gasteiger partial charge in [0.25, 0.3) is 0 Å². The van der Waals surface area contributed by atoms with Crippen LogP contribution in [0.2, 0.25) is 0 Å². The lowest BCUT2D eigenvalue weighted by molar-refractivity contribution is 0.272. The monoisotopic (exact) mass is 176 g/mol. The Hall–Kier alpha value is -1.02. The van der Waals surface area contributed by atoms with Crippen LogP contribution in [0.15, 0.2) is 24.3 Å². The second kappa shape index (κ2) is 3.38. The predicted octanol–water partition coefficient (Wildman–Crippen LogP) is 1.56. The molecule has 1 aliphatic heterocycles. The van der Waals surface area contributed by atoms with Crippen LogP contribution in [0, 0.1) is 5.92 Å². The summed E-state index contributed by atoms with van der Waals surface area (Å²) in [6.45, 7) is 2.21. The molecule has 0 saturated carbocycles. The summed E-state index contributed by atoms with van der Waals surface area (Å²) in [5.41, 5.74) is 1.35. The summed E-state index contributed by atoms with van der Waals surface area (Å²) in [5.74, 6) is 2.45. The maximum Gasteiger partial charge on any atom is 0.118 e. The molecule has 0 bridgehead atoms. The van der Waals surface area contributed by atoms with E-state index in [4.69, 9.17) is 4.74 Å². The van der Waals surface area contributed by atoms with Crippen LogP contribution >= 0.6 is 0 Å². The molecule has 2 nitrogen and oxygen atoms in total. The molecule has 69 valence electrons. The molecule has 0 unspecified atom stereocenters. The molecule has 1 heterocycles. The number of hydrogen-bond acceptors (Lipinski definition) is 2. The van der Waals surface area contributed by atoms with Crippen LogP contribution in [0.25, 0.3) is 0 Å². The van der Waals surface area contributed by atoms with Crippen molar-refractivity contribution in [2.24, 2.45) is 0 Å². The van der Waals surface area contributed by atoms with Crippen molar-refractivity contribution in [3.05, 3.63) is 35.7 Å². The van der Waals surface area contributed by atoms with Crippen LogP contribution in [0.5, 0.6) is 5.75 Å². The molecule has 2 rings (SSSR count). The number of nitrogens with zero attached hydrogens (tertiary/aromatic N) is 1. The van der Waals surface area contributed by atoms with Gasteiger partial charge in [-0.25, -0.2) is 0 Å². The normalized spacial score (nSPS) is 18.3. The van der Waals surface area contributed by atoms with Gasteiger partial charge in [-0.2, -0.15) is 0 Å². The minimum atomic E-state index is 0.928. The third-order valence-electron chi connectivity index (χ3n) is 2.42. The lowest BCUT2D eigenvalue weighted by Gasteiger charge is -2.35. The van der Waals surface area contributed by atoms with E-state index in [9.17, 15) is 0 Å². The van der Waals surface area contributed by atoms with Crippen molar-refractivity contribution in [2.45, 2.75) is 0 Å². The first-order valence-electron chi connectivity index (χ1n) is 4.47. The average Bonchev–Trinajstić information content (AvgIpc) is 2.13. The van der Waals surface area contributed by atoms with Gasteiger partial charge >= 0.3 is 0 Å². The number of methoxy groups -OCH3 is 1. The van der Waals surface area contributed by atoms with E-state index in [1.165, 1.54) is 11.5 Å². The van der Waals surface area contributed by atoms with Crippen molar-refractivity contribution in [1.29, 1.82) is 0 Å². The molecule has 0 amide bonds. The molecule has 1 aromatic carbocycles. The van der Waals surface area contributed by atoms with Crippen molar-refractivity contribution >= 4 is 0 Å². The number of rotatable bonds is 2. The van der Waals surface area contributed by atoms with E-state index >= 15 is 0 Å². The molecule has 0 spiro atoms. The Bertz CT molecular complexity index is 275. The number of ether oxygens (including phenoxy) is 1. The van der Waals surface area contributed by atoms with Gasteiger partial charge in [0.15, 0.2) is 0 Å². The van der Waals surface area contributed by atoms with E-state index in [-0.39, 0.29) is 0 Å². The Kier molecular flexibility index (Phi) is 2.23. The van der Waals surface area contributed by atoms with Gasteiger partial charge in [0.2, 0.25) is 0 Å². The fraction of sp³-hybridized carbons (Fsp3) is 0.364. The molecule has 0 atom stereocenters. The molecule has 13 heavy (non-hydrogen) atoms. The third-order valence-corrected chi connectivity index (χ3v) is 2.42. The number of hydrogen-bond donors (Lipinski definition) is 0. The molecular weight excluding hydrogens is 162 g/mol. The lowest BCUT2D eigenvalue weighted by Crippen LogP contribution is -2.42. The maximum atomic E-state index is 5.10. The molecule has 1 aromatic rings. The van der Waals surface area contributed by atoms with E-state index < -0.39 is 0 Å². The van der Waals surface area contributed by atoms with Crippen LogP contribution in [-0.2, 0) is 0 Å². The van der Waals surface area contributed by atoms with Gasteiger partial charge in [-0.1, -0.05) is 12.1 Å². The first kappa shape index (κ1) is 8.57. The number of likely N-dealkylation sites (N-methyl/N-ethyl adjacent to an activating group) is 1. The summed E-state index contributed by atoms with van der Waals surface area (Å²) in [6, 6.07) is 8.28. The first-order chi connectivity index (χ1) is 6.29. The highest BCUT2D eigenvalue weighted by molar-refractivity contribution is 5.39. The third kappa shape index (κ3) is 1.68. The molecule has 0 N–H and O–H groups in total. The van der Waals surface area contributed by atoms with Gasteiger partial charge in [0.1, 0.15) is 5.75 Å². The Balaban J connectivity index is 2.06. The minimum absolute atomic E-state index is 0.928. The molecule has 1 radical (unpaired) electrons. The van der Waals surface area contributed by atoms with Crippen LogP contribution < -0.4 is 4.74 Å². The fourth-order valence-electron chi connectivity index (χ4n) is 1.61. The minimum Gasteiger partial charge on any atom is -0.497 e. The lowest BCUT2D eigenvalue weighted by atomic mass is 9.92. The molecule has 1 fully saturated rings. The molecule has 1 saturated heterocycles. The second-order valence-corrected chi connectivity index (χ2v) is 3.50. The number of benzene rings is 1. The largest absolute Gasteiger partial charge is 0.497 e. The zero-order valence-electron chi connectivity index (χ0n) is 8.08. The van der Waals surface area contributed by atoms with Crippen molar-refractivity contribution in [3.63, 3.8) is 0 Å². The van der Waals surface area contributed by atoms with E-state index in [2.05, 4.69) is 24.1 Å². The van der Waals surface area contributed by atoms with Crippen LogP contribution in [0.3, 0.4) is 0 Å². The predicted molar refractivity (Wildman–Crippen MR) is 52.8 cm³/mol. The van der Waals surface area contributed by atoms with Gasteiger partial charge < -0.3 is 9.64 Å². The van der Waals surface area contributed by atoms with Crippen molar-refractivity contribution in [1.82, 2.24) is 4.90 Å². The molecular formula is C11H14NO. The van der Waals surface area contributed by atoms with E-state index in [1.54, 1.807) is 7.11 Å². The molecule has 0 aliphatic carbocycles. The maximum absolute atomic E-state index is 5.10. The zero-order chi connectivity index (χ0) is 9.26. The van der Waals surface area contributed by atoms with Crippen LogP contribution in [0.4, 0.5) is 0 Å². The standard InChI is InChI=1S/C11H14NO/c1-12-7-10(8-12)9-3-5-11(13-2)6-4-9/h3-6H,7-8H2,1-2H3. The van der Waals surface area contributed by atoms with Gasteiger partial charge in [0, 0.05) is 19.0 Å². The Morgan fingerprint density at radius 2 is 1.77 bits per heavy atom. The smallest absolute Gasteiger partial charge is 0.118 e. The van der Waals surface area contributed by atoms with Gasteiger partial charge in [-0.3, -0.25) is 0 Å². The second-order valence-electron chi connectivity index (χ2n) is 3.50. The summed E-state index contributed by atoms with van der Waals surface area (Å²) in [6.07, 6.45) is 0. The summed E-state index contributed by atoms with van der Waals surface area (Å²) in [7, 11) is 3.83. The topological polar surface area (TPSA) is 12.5 Å². The van der Waals surface area contributed by atoms with Crippen molar-refractivity contribution in [3.8, 4) is 5.75 Å². The molecule has 0 aromatic heterocycles. The Morgan fingerprint density at radius 1 is 1.15 bits per heavy atom. The summed E-state index contributed by atoms with van der Waals surface area (Å²) >= 11 is 0. The van der Waals surface area contributed by atoms with Gasteiger partial charge in [0.05, 0.1) is 7.11 Å². The number of likely N-dealkylation sites (tertiary alicyclic amines) is 1. The first-order valence-corrected chi connectivity index (χ1v) is 4.47. The van der Waals surface area contributed by atoms with E-state index in [0.717, 1.165) is 18.8 Å². The van der Waals surface area contributed by atoms with E-state index in [1.807, 2.05) is 12.1 Å². The Labute approximate surface area is 79.1 Å². The summed E-state index contributed by atoms with van der Waals surface area (Å²) in [5, 5.41) is 0. The molecule has 2 heteroatoms. The summed E-state index contributed by atoms with van der Waals surface area (Å²) in [4.78, 5) is 2.29. The fourth-order valence-corrected chi connectivity index (χ4v) is 1.61. The highest BCUT2D eigenvalue weighted by Gasteiger charge is 2.25. The Morgan fingerprint density at radius 3 is 2.23 bits per heavy atom. The molecule has 1 aliphatic rings. The SMILES string of the molecule is COc1ccc([C]2CN(C)C2)cc1. The van der Waals surface area contributed by atoms with Gasteiger partial charge in [-0.15, -0.1) is 0 Å². The summed E-state index contributed by atoms with van der Waals surface area (Å²) < 4.78 is 5.10. The highest BCUT2D eigenvalue weighted by atomic mass is 16.5. The quantitative estimate of drug-likeness (QED) is 0.678.